The lowest BCUT2D eigenvalue weighted by Gasteiger charge is -2.21. The molecule has 0 radical (unpaired) electrons. The number of nitrogens with one attached hydrogen (secondary N) is 1. The third-order valence-electron chi connectivity index (χ3n) is 2.05. The van der Waals surface area contributed by atoms with Gasteiger partial charge in [0.25, 0.3) is 0 Å². The maximum atomic E-state index is 3.58. The predicted octanol–water partition coefficient (Wildman–Crippen LogP) is 2.65. The van der Waals surface area contributed by atoms with Crippen LogP contribution in [0.25, 0.3) is 0 Å². The Bertz CT molecular complexity index is 264. The molecule has 0 aliphatic carbocycles. The molecule has 1 unspecified atom stereocenters. The molecule has 0 fully saturated rings. The van der Waals surface area contributed by atoms with Gasteiger partial charge in [0.2, 0.25) is 0 Å². The fraction of sp³-hybridized carbons (Fsp3) is 0.333. The van der Waals surface area contributed by atoms with Crippen LogP contribution in [0.1, 0.15) is 16.1 Å². The van der Waals surface area contributed by atoms with Crippen molar-refractivity contribution in [2.75, 3.05) is 6.54 Å². The average molecular weight is 249 g/mol. The zero-order chi connectivity index (χ0) is 7.68. The van der Waals surface area contributed by atoms with Crippen LogP contribution >= 0.6 is 28.3 Å². The average Bonchev–Trinajstić information content (AvgIpc) is 2.06. The molecule has 3 heteroatoms. The second-order valence-corrected chi connectivity index (χ2v) is 3.68. The van der Waals surface area contributed by atoms with Crippen LogP contribution in [-0.2, 0) is 6.42 Å². The first-order valence-electron chi connectivity index (χ1n) is 3.83. The minimum atomic E-state index is 0. The molecule has 0 bridgehead atoms. The largest absolute Gasteiger partial charge is 0.301 e. The maximum Gasteiger partial charge on any atom is 0.0889 e. The Hall–Kier alpha value is -0.0500. The van der Waals surface area contributed by atoms with Gasteiger partial charge >= 0.3 is 0 Å². The van der Waals surface area contributed by atoms with Crippen molar-refractivity contribution in [2.45, 2.75) is 11.4 Å². The third kappa shape index (κ3) is 1.82. The van der Waals surface area contributed by atoms with E-state index in [1.165, 1.54) is 11.1 Å². The van der Waals surface area contributed by atoms with E-state index in [4.69, 9.17) is 0 Å². The van der Waals surface area contributed by atoms with Crippen molar-refractivity contribution in [3.8, 4) is 0 Å². The summed E-state index contributed by atoms with van der Waals surface area (Å²) in [6, 6.07) is 8.55. The first-order valence-corrected chi connectivity index (χ1v) is 4.75. The Balaban J connectivity index is 0.000000720. The SMILES string of the molecule is BrC1NCCc2ccccc21.Cl. The van der Waals surface area contributed by atoms with Crippen LogP contribution in [0.4, 0.5) is 0 Å². The van der Waals surface area contributed by atoms with Crippen LogP contribution in [0.15, 0.2) is 24.3 Å². The molecular formula is C9H11BrClN. The summed E-state index contributed by atoms with van der Waals surface area (Å²) in [5.74, 6) is 0. The summed E-state index contributed by atoms with van der Waals surface area (Å²) in [6.07, 6.45) is 1.15. The van der Waals surface area contributed by atoms with E-state index in [1.807, 2.05) is 0 Å². The highest BCUT2D eigenvalue weighted by atomic mass is 79.9. The molecule has 1 N–H and O–H groups in total. The number of hydrogen-bond acceptors (Lipinski definition) is 1. The zero-order valence-corrected chi connectivity index (χ0v) is 8.99. The van der Waals surface area contributed by atoms with E-state index < -0.39 is 0 Å². The number of fused-ring (bicyclic) bond motifs is 1. The molecule has 0 spiro atoms. The number of benzene rings is 1. The van der Waals surface area contributed by atoms with Crippen molar-refractivity contribution in [3.63, 3.8) is 0 Å². The molecule has 2 rings (SSSR count). The molecule has 1 aromatic rings. The van der Waals surface area contributed by atoms with Gasteiger partial charge < -0.3 is 5.32 Å². The molecule has 0 saturated carbocycles. The van der Waals surface area contributed by atoms with Crippen molar-refractivity contribution < 1.29 is 0 Å². The molecule has 1 heterocycles. The van der Waals surface area contributed by atoms with Gasteiger partial charge in [0.15, 0.2) is 0 Å². The molecule has 1 aromatic carbocycles. The van der Waals surface area contributed by atoms with Gasteiger partial charge in [-0.05, 0) is 17.5 Å². The van der Waals surface area contributed by atoms with Crippen LogP contribution in [0.5, 0.6) is 0 Å². The highest BCUT2D eigenvalue weighted by Gasteiger charge is 2.14. The van der Waals surface area contributed by atoms with E-state index in [-0.39, 0.29) is 12.4 Å². The summed E-state index contributed by atoms with van der Waals surface area (Å²) < 4.78 is 0. The number of rotatable bonds is 0. The fourth-order valence-electron chi connectivity index (χ4n) is 1.45. The Morgan fingerprint density at radius 2 is 2.08 bits per heavy atom. The van der Waals surface area contributed by atoms with Gasteiger partial charge in [-0.15, -0.1) is 12.4 Å². The lowest BCUT2D eigenvalue weighted by molar-refractivity contribution is 0.638. The van der Waals surface area contributed by atoms with Crippen LogP contribution in [0.3, 0.4) is 0 Å². The van der Waals surface area contributed by atoms with Gasteiger partial charge in [-0.25, -0.2) is 0 Å². The minimum absolute atomic E-state index is 0. The third-order valence-corrected chi connectivity index (χ3v) is 2.86. The Morgan fingerprint density at radius 1 is 1.33 bits per heavy atom. The van der Waals surface area contributed by atoms with Crippen LogP contribution in [-0.4, -0.2) is 6.54 Å². The molecule has 0 saturated heterocycles. The summed E-state index contributed by atoms with van der Waals surface area (Å²) in [5.41, 5.74) is 2.85. The number of alkyl halides is 1. The van der Waals surface area contributed by atoms with E-state index in [2.05, 4.69) is 45.5 Å². The van der Waals surface area contributed by atoms with Gasteiger partial charge in [0.1, 0.15) is 0 Å². The van der Waals surface area contributed by atoms with Gasteiger partial charge in [-0.2, -0.15) is 0 Å². The molecular weight excluding hydrogens is 237 g/mol. The monoisotopic (exact) mass is 247 g/mol. The van der Waals surface area contributed by atoms with E-state index >= 15 is 0 Å². The molecule has 12 heavy (non-hydrogen) atoms. The van der Waals surface area contributed by atoms with E-state index in [9.17, 15) is 0 Å². The Kier molecular flexibility index (Phi) is 3.56. The highest BCUT2D eigenvalue weighted by molar-refractivity contribution is 9.09. The fourth-order valence-corrected chi connectivity index (χ4v) is 2.13. The van der Waals surface area contributed by atoms with E-state index in [0.29, 0.717) is 4.95 Å². The van der Waals surface area contributed by atoms with E-state index in [0.717, 1.165) is 13.0 Å². The standard InChI is InChI=1S/C9H10BrN.ClH/c10-9-8-4-2-1-3-7(8)5-6-11-9;/h1-4,9,11H,5-6H2;1H. The second kappa shape index (κ2) is 4.26. The quantitative estimate of drug-likeness (QED) is 0.550. The highest BCUT2D eigenvalue weighted by Crippen LogP contribution is 2.26. The predicted molar refractivity (Wildman–Crippen MR) is 57.1 cm³/mol. The van der Waals surface area contributed by atoms with Gasteiger partial charge in [-0.1, -0.05) is 40.2 Å². The van der Waals surface area contributed by atoms with Crippen molar-refractivity contribution in [1.82, 2.24) is 5.32 Å². The number of halogens is 2. The van der Waals surface area contributed by atoms with Crippen molar-refractivity contribution in [2.24, 2.45) is 0 Å². The van der Waals surface area contributed by atoms with Crippen molar-refractivity contribution >= 4 is 28.3 Å². The Labute approximate surface area is 87.1 Å². The van der Waals surface area contributed by atoms with Gasteiger partial charge in [0, 0.05) is 6.54 Å². The first-order chi connectivity index (χ1) is 5.38. The molecule has 66 valence electrons. The van der Waals surface area contributed by atoms with Gasteiger partial charge in [-0.3, -0.25) is 0 Å². The summed E-state index contributed by atoms with van der Waals surface area (Å²) in [4.78, 5) is 0.354. The maximum absolute atomic E-state index is 3.58. The van der Waals surface area contributed by atoms with Crippen LogP contribution in [0, 0.1) is 0 Å². The normalized spacial score (nSPS) is 20.9. The summed E-state index contributed by atoms with van der Waals surface area (Å²) >= 11 is 3.58. The molecule has 1 nitrogen and oxygen atoms in total. The topological polar surface area (TPSA) is 12.0 Å². The van der Waals surface area contributed by atoms with Crippen molar-refractivity contribution in [1.29, 1.82) is 0 Å². The molecule has 1 aliphatic rings. The lowest BCUT2D eigenvalue weighted by Crippen LogP contribution is -2.25. The summed E-state index contributed by atoms with van der Waals surface area (Å²) in [7, 11) is 0. The van der Waals surface area contributed by atoms with Crippen LogP contribution < -0.4 is 5.32 Å². The smallest absolute Gasteiger partial charge is 0.0889 e. The second-order valence-electron chi connectivity index (χ2n) is 2.77. The summed E-state index contributed by atoms with van der Waals surface area (Å²) in [6.45, 7) is 1.08. The summed E-state index contributed by atoms with van der Waals surface area (Å²) in [5, 5.41) is 3.35. The van der Waals surface area contributed by atoms with Crippen molar-refractivity contribution in [3.05, 3.63) is 35.4 Å². The molecule has 0 aromatic heterocycles. The Morgan fingerprint density at radius 3 is 2.83 bits per heavy atom. The lowest BCUT2D eigenvalue weighted by atomic mass is 10.0. The van der Waals surface area contributed by atoms with Crippen LogP contribution in [0.2, 0.25) is 0 Å². The molecule has 1 atom stereocenters. The minimum Gasteiger partial charge on any atom is -0.301 e. The zero-order valence-electron chi connectivity index (χ0n) is 6.59. The van der Waals surface area contributed by atoms with E-state index in [1.54, 1.807) is 0 Å². The molecule has 0 amide bonds. The first kappa shape index (κ1) is 10.0. The molecule has 1 aliphatic heterocycles. The number of hydrogen-bond donors (Lipinski definition) is 1. The van der Waals surface area contributed by atoms with Gasteiger partial charge in [0.05, 0.1) is 4.95 Å².